The highest BCUT2D eigenvalue weighted by molar-refractivity contribution is 5.94. The van der Waals surface area contributed by atoms with Gasteiger partial charge in [-0.25, -0.2) is 0 Å². The fourth-order valence-electron chi connectivity index (χ4n) is 2.65. The monoisotopic (exact) mass is 388 g/mol. The number of rotatable bonds is 10. The molecule has 5 nitrogen and oxygen atoms in total. The van der Waals surface area contributed by atoms with Crippen LogP contribution in [-0.2, 0) is 15.7 Å². The maximum absolute atomic E-state index is 12.7. The zero-order chi connectivity index (χ0) is 20.4. The third-order valence-corrected chi connectivity index (χ3v) is 4.36. The number of esters is 1. The Morgan fingerprint density at radius 1 is 1.00 bits per heavy atom. The number of halogens is 3. The molecule has 27 heavy (non-hydrogen) atoms. The van der Waals surface area contributed by atoms with Crippen LogP contribution < -0.4 is 0 Å². The zero-order valence-corrected chi connectivity index (χ0v) is 16.0. The Morgan fingerprint density at radius 3 is 2.07 bits per heavy atom. The van der Waals surface area contributed by atoms with E-state index in [1.54, 1.807) is 0 Å². The number of alkyl halides is 3. The molecule has 0 heterocycles. The van der Waals surface area contributed by atoms with Crippen molar-refractivity contribution in [1.29, 1.82) is 0 Å². The average molecular weight is 388 g/mol. The summed E-state index contributed by atoms with van der Waals surface area (Å²) in [6, 6.07) is 4.12. The van der Waals surface area contributed by atoms with Gasteiger partial charge in [-0.3, -0.25) is 9.59 Å². The molecular weight excluding hydrogens is 361 g/mol. The van der Waals surface area contributed by atoms with E-state index in [4.69, 9.17) is 0 Å². The Bertz CT molecular complexity index is 599. The maximum Gasteiger partial charge on any atom is 0.416 e. The third kappa shape index (κ3) is 7.58. The highest BCUT2D eigenvalue weighted by atomic mass is 19.4. The fourth-order valence-corrected chi connectivity index (χ4v) is 2.65. The fraction of sp³-hybridized carbons (Fsp3) is 0.579. The van der Waals surface area contributed by atoms with E-state index in [1.165, 1.54) is 24.1 Å². The summed E-state index contributed by atoms with van der Waals surface area (Å²) in [4.78, 5) is 27.8. The van der Waals surface area contributed by atoms with Crippen molar-refractivity contribution in [3.8, 4) is 0 Å². The topological polar surface area (TPSA) is 49.9 Å². The van der Waals surface area contributed by atoms with Crippen LogP contribution in [0.25, 0.3) is 0 Å². The molecule has 8 heteroatoms. The molecule has 1 aromatic carbocycles. The van der Waals surface area contributed by atoms with Crippen molar-refractivity contribution in [1.82, 2.24) is 9.80 Å². The summed E-state index contributed by atoms with van der Waals surface area (Å²) in [5, 5.41) is 0. The smallest absolute Gasteiger partial charge is 0.416 e. The normalized spacial score (nSPS) is 11.5. The van der Waals surface area contributed by atoms with Crippen LogP contribution in [0.2, 0.25) is 0 Å². The Kier molecular flexibility index (Phi) is 9.28. The molecule has 0 aliphatic rings. The van der Waals surface area contributed by atoms with E-state index < -0.39 is 23.6 Å². The summed E-state index contributed by atoms with van der Waals surface area (Å²) in [5.74, 6) is -0.837. The van der Waals surface area contributed by atoms with Crippen molar-refractivity contribution < 1.29 is 27.5 Å². The van der Waals surface area contributed by atoms with Gasteiger partial charge >= 0.3 is 12.1 Å². The van der Waals surface area contributed by atoms with Crippen LogP contribution in [0.15, 0.2) is 24.3 Å². The van der Waals surface area contributed by atoms with Crippen molar-refractivity contribution in [3.63, 3.8) is 0 Å². The zero-order valence-electron chi connectivity index (χ0n) is 16.0. The highest BCUT2D eigenvalue weighted by Gasteiger charge is 2.30. The number of hydrogen-bond acceptors (Lipinski definition) is 4. The number of ether oxygens (including phenoxy) is 1. The van der Waals surface area contributed by atoms with Gasteiger partial charge in [-0.05, 0) is 50.3 Å². The average Bonchev–Trinajstić information content (AvgIpc) is 2.66. The number of carbonyl (C=O) groups excluding carboxylic acids is 2. The molecular formula is C19H27F3N2O3. The van der Waals surface area contributed by atoms with Crippen molar-refractivity contribution in [2.45, 2.75) is 32.9 Å². The standard InChI is InChI=1S/C19H27F3N2O3/c1-4-23(5-2)12-6-13-24(14-11-17(25)27-3)18(26)15-7-9-16(10-8-15)19(20,21)22/h7-10H,4-6,11-14H2,1-3H3. The van der Waals surface area contributed by atoms with Gasteiger partial charge in [0.25, 0.3) is 5.91 Å². The Hall–Kier alpha value is -2.09. The predicted molar refractivity (Wildman–Crippen MR) is 96.4 cm³/mol. The minimum absolute atomic E-state index is 0.0359. The quantitative estimate of drug-likeness (QED) is 0.576. The first kappa shape index (κ1) is 23.0. The van der Waals surface area contributed by atoms with E-state index in [9.17, 15) is 22.8 Å². The van der Waals surface area contributed by atoms with E-state index in [0.29, 0.717) is 13.0 Å². The van der Waals surface area contributed by atoms with Gasteiger partial charge in [0.15, 0.2) is 0 Å². The molecule has 0 radical (unpaired) electrons. The second kappa shape index (κ2) is 10.9. The number of carbonyl (C=O) groups is 2. The van der Waals surface area contributed by atoms with Gasteiger partial charge in [0.05, 0.1) is 19.1 Å². The van der Waals surface area contributed by atoms with E-state index in [1.807, 2.05) is 13.8 Å². The van der Waals surface area contributed by atoms with Gasteiger partial charge < -0.3 is 14.5 Å². The van der Waals surface area contributed by atoms with E-state index in [0.717, 1.165) is 31.8 Å². The summed E-state index contributed by atoms with van der Waals surface area (Å²) in [6.45, 7) is 7.24. The lowest BCUT2D eigenvalue weighted by Gasteiger charge is -2.25. The molecule has 0 aliphatic carbocycles. The number of benzene rings is 1. The first-order chi connectivity index (χ1) is 12.7. The minimum Gasteiger partial charge on any atom is -0.469 e. The van der Waals surface area contributed by atoms with Crippen molar-refractivity contribution in [2.75, 3.05) is 39.8 Å². The van der Waals surface area contributed by atoms with Crippen LogP contribution in [0, 0.1) is 0 Å². The molecule has 0 aromatic heterocycles. The molecule has 0 spiro atoms. The number of amides is 1. The van der Waals surface area contributed by atoms with Gasteiger partial charge in [-0.2, -0.15) is 13.2 Å². The van der Waals surface area contributed by atoms with Gasteiger partial charge in [0, 0.05) is 18.7 Å². The molecule has 0 unspecified atom stereocenters. The van der Waals surface area contributed by atoms with Crippen molar-refractivity contribution >= 4 is 11.9 Å². The molecule has 0 aliphatic heterocycles. The predicted octanol–water partition coefficient (Wildman–Crippen LogP) is 3.44. The second-order valence-corrected chi connectivity index (χ2v) is 6.07. The van der Waals surface area contributed by atoms with Crippen LogP contribution >= 0.6 is 0 Å². The lowest BCUT2D eigenvalue weighted by molar-refractivity contribution is -0.141. The molecule has 0 N–H and O–H groups in total. The number of hydrogen-bond donors (Lipinski definition) is 0. The summed E-state index contributed by atoms with van der Waals surface area (Å²) < 4.78 is 42.7. The van der Waals surface area contributed by atoms with Crippen LogP contribution in [0.1, 0.15) is 42.6 Å². The van der Waals surface area contributed by atoms with Crippen LogP contribution in [0.4, 0.5) is 13.2 Å². The molecule has 1 rings (SSSR count). The Labute approximate surface area is 158 Å². The molecule has 0 saturated heterocycles. The van der Waals surface area contributed by atoms with Gasteiger partial charge in [0.2, 0.25) is 0 Å². The van der Waals surface area contributed by atoms with Crippen LogP contribution in [0.3, 0.4) is 0 Å². The summed E-state index contributed by atoms with van der Waals surface area (Å²) in [6.07, 6.45) is -3.71. The van der Waals surface area contributed by atoms with E-state index >= 15 is 0 Å². The summed E-state index contributed by atoms with van der Waals surface area (Å²) >= 11 is 0. The Morgan fingerprint density at radius 2 is 1.59 bits per heavy atom. The lowest BCUT2D eigenvalue weighted by Crippen LogP contribution is -2.36. The summed E-state index contributed by atoms with van der Waals surface area (Å²) in [7, 11) is 1.27. The lowest BCUT2D eigenvalue weighted by atomic mass is 10.1. The first-order valence-corrected chi connectivity index (χ1v) is 8.98. The van der Waals surface area contributed by atoms with Gasteiger partial charge in [-0.15, -0.1) is 0 Å². The number of nitrogens with zero attached hydrogens (tertiary/aromatic N) is 2. The van der Waals surface area contributed by atoms with E-state index in [-0.39, 0.29) is 18.5 Å². The summed E-state index contributed by atoms with van der Waals surface area (Å²) in [5.41, 5.74) is -0.641. The second-order valence-electron chi connectivity index (χ2n) is 6.07. The Balaban J connectivity index is 2.82. The minimum atomic E-state index is -4.45. The third-order valence-electron chi connectivity index (χ3n) is 4.36. The molecule has 0 fully saturated rings. The molecule has 152 valence electrons. The molecule has 0 bridgehead atoms. The van der Waals surface area contributed by atoms with Crippen LogP contribution in [-0.4, -0.2) is 61.5 Å². The SMILES string of the molecule is CCN(CC)CCCN(CCC(=O)OC)C(=O)c1ccc(C(F)(F)F)cc1. The molecule has 1 aromatic rings. The van der Waals surface area contributed by atoms with Crippen molar-refractivity contribution in [2.24, 2.45) is 0 Å². The largest absolute Gasteiger partial charge is 0.469 e. The van der Waals surface area contributed by atoms with Gasteiger partial charge in [0.1, 0.15) is 0 Å². The molecule has 0 saturated carbocycles. The molecule has 0 atom stereocenters. The maximum atomic E-state index is 12.7. The highest BCUT2D eigenvalue weighted by Crippen LogP contribution is 2.29. The number of methoxy groups -OCH3 is 1. The molecule has 1 amide bonds. The van der Waals surface area contributed by atoms with Gasteiger partial charge in [-0.1, -0.05) is 13.8 Å². The first-order valence-electron chi connectivity index (χ1n) is 8.98. The van der Waals surface area contributed by atoms with Crippen molar-refractivity contribution in [3.05, 3.63) is 35.4 Å². The van der Waals surface area contributed by atoms with E-state index in [2.05, 4.69) is 9.64 Å². The van der Waals surface area contributed by atoms with Crippen LogP contribution in [0.5, 0.6) is 0 Å².